The molecule has 1 aromatic carbocycles. The van der Waals surface area contributed by atoms with Gasteiger partial charge in [0, 0.05) is 6.92 Å². The zero-order valence-electron chi connectivity index (χ0n) is 11.6. The number of carbonyl (C=O) groups is 1. The Labute approximate surface area is 139 Å². The van der Waals surface area contributed by atoms with E-state index in [1.165, 1.54) is 6.92 Å². The molecule has 0 unspecified atom stereocenters. The lowest BCUT2D eigenvalue weighted by Gasteiger charge is -2.18. The van der Waals surface area contributed by atoms with Crippen LogP contribution in [-0.4, -0.2) is 35.1 Å². The summed E-state index contributed by atoms with van der Waals surface area (Å²) in [5, 5.41) is 11.0. The number of esters is 1. The maximum Gasteiger partial charge on any atom is 0.428 e. The van der Waals surface area contributed by atoms with Crippen molar-refractivity contribution in [3.63, 3.8) is 0 Å². The first-order chi connectivity index (χ1) is 10.6. The second kappa shape index (κ2) is 8.11. The molecule has 0 N–H and O–H groups in total. The molecule has 0 saturated carbocycles. The molecule has 0 aromatic heterocycles. The Hall–Kier alpha value is -1.87. The van der Waals surface area contributed by atoms with Crippen molar-refractivity contribution in [2.75, 3.05) is 13.2 Å². The topological polar surface area (TPSA) is 87.9 Å². The van der Waals surface area contributed by atoms with E-state index in [2.05, 4.69) is 9.47 Å². The van der Waals surface area contributed by atoms with Gasteiger partial charge >= 0.3 is 17.8 Å². The molecule has 0 bridgehead atoms. The summed E-state index contributed by atoms with van der Waals surface area (Å²) in [6, 6.07) is 2.83. The summed E-state index contributed by atoms with van der Waals surface area (Å²) in [6.07, 6.45) is -3.92. The van der Waals surface area contributed by atoms with Crippen LogP contribution in [0.15, 0.2) is 18.2 Å². The zero-order chi connectivity index (χ0) is 17.6. The van der Waals surface area contributed by atoms with E-state index in [0.29, 0.717) is 0 Å². The number of nitro benzene ring substituents is 1. The monoisotopic (exact) mass is 373 g/mol. The van der Waals surface area contributed by atoms with E-state index < -0.39 is 33.3 Å². The third-order valence-electron chi connectivity index (χ3n) is 2.28. The third kappa shape index (κ3) is 6.03. The second-order valence-corrected chi connectivity index (χ2v) is 5.14. The average molecular weight is 374 g/mol. The highest BCUT2D eigenvalue weighted by Crippen LogP contribution is 2.35. The predicted octanol–water partition coefficient (Wildman–Crippen LogP) is 3.31. The Morgan fingerprint density at radius 1 is 1.39 bits per heavy atom. The van der Waals surface area contributed by atoms with Crippen molar-refractivity contribution in [1.29, 1.82) is 0 Å². The molecular formula is C12H11Cl2F2NO6. The molecular weight excluding hydrogens is 363 g/mol. The normalized spacial score (nSPS) is 11.2. The van der Waals surface area contributed by atoms with Crippen molar-refractivity contribution in [3.8, 4) is 11.5 Å². The fraction of sp³-hybridized carbons (Fsp3) is 0.417. The molecule has 0 radical (unpaired) electrons. The maximum atomic E-state index is 13.3. The number of alkyl halides is 4. The first kappa shape index (κ1) is 19.2. The van der Waals surface area contributed by atoms with Crippen molar-refractivity contribution in [2.24, 2.45) is 0 Å². The number of ether oxygens (including phenoxy) is 3. The van der Waals surface area contributed by atoms with Gasteiger partial charge in [-0.15, -0.1) is 0 Å². The van der Waals surface area contributed by atoms with Gasteiger partial charge in [0.05, 0.1) is 11.0 Å². The van der Waals surface area contributed by atoms with Crippen LogP contribution in [0.25, 0.3) is 0 Å². The molecule has 0 aliphatic carbocycles. The van der Waals surface area contributed by atoms with E-state index in [9.17, 15) is 23.7 Å². The van der Waals surface area contributed by atoms with Gasteiger partial charge in [-0.1, -0.05) is 23.2 Å². The van der Waals surface area contributed by atoms with Crippen LogP contribution >= 0.6 is 23.2 Å². The number of nitrogens with zero attached hydrogens (tertiary/aromatic N) is 1. The van der Waals surface area contributed by atoms with Gasteiger partial charge in [-0.25, -0.2) is 0 Å². The molecule has 0 aliphatic heterocycles. The van der Waals surface area contributed by atoms with Crippen LogP contribution in [0.1, 0.15) is 6.92 Å². The van der Waals surface area contributed by atoms with Gasteiger partial charge in [0.25, 0.3) is 0 Å². The number of halogens is 4. The highest BCUT2D eigenvalue weighted by atomic mass is 35.5. The number of hydrogen-bond acceptors (Lipinski definition) is 6. The van der Waals surface area contributed by atoms with Crippen molar-refractivity contribution < 1.29 is 32.7 Å². The summed E-state index contributed by atoms with van der Waals surface area (Å²) in [5.41, 5.74) is -0.609. The standard InChI is InChI=1S/C12H11Cl2F2NO6/c1-7(18)21-4-5-22-10-3-2-8(6-9(10)17(19)20)23-12(15,16)11(13)14/h2-3,6,11H,4-5H2,1H3. The molecule has 0 atom stereocenters. The van der Waals surface area contributed by atoms with E-state index >= 15 is 0 Å². The van der Waals surface area contributed by atoms with Gasteiger partial charge < -0.3 is 14.2 Å². The Bertz CT molecular complexity index is 585. The maximum absolute atomic E-state index is 13.3. The Kier molecular flexibility index (Phi) is 6.77. The molecule has 0 spiro atoms. The summed E-state index contributed by atoms with van der Waals surface area (Å²) >= 11 is 10.1. The van der Waals surface area contributed by atoms with Crippen molar-refractivity contribution in [3.05, 3.63) is 28.3 Å². The van der Waals surface area contributed by atoms with E-state index in [-0.39, 0.29) is 19.0 Å². The van der Waals surface area contributed by atoms with Crippen LogP contribution in [-0.2, 0) is 9.53 Å². The number of carbonyl (C=O) groups excluding carboxylic acids is 1. The molecule has 0 aliphatic rings. The van der Waals surface area contributed by atoms with Crippen molar-refractivity contribution in [1.82, 2.24) is 0 Å². The van der Waals surface area contributed by atoms with Crippen molar-refractivity contribution in [2.45, 2.75) is 17.9 Å². The van der Waals surface area contributed by atoms with Crippen LogP contribution in [0.2, 0.25) is 0 Å². The van der Waals surface area contributed by atoms with Crippen LogP contribution < -0.4 is 9.47 Å². The fourth-order valence-electron chi connectivity index (χ4n) is 1.36. The van der Waals surface area contributed by atoms with E-state index in [0.717, 1.165) is 18.2 Å². The van der Waals surface area contributed by atoms with E-state index in [4.69, 9.17) is 27.9 Å². The second-order valence-electron chi connectivity index (χ2n) is 4.04. The lowest BCUT2D eigenvalue weighted by atomic mass is 10.3. The van der Waals surface area contributed by atoms with Gasteiger partial charge in [-0.2, -0.15) is 8.78 Å². The van der Waals surface area contributed by atoms with E-state index in [1.54, 1.807) is 0 Å². The molecule has 1 rings (SSSR count). The quantitative estimate of drug-likeness (QED) is 0.228. The number of rotatable bonds is 8. The summed E-state index contributed by atoms with van der Waals surface area (Å²) in [7, 11) is 0. The largest absolute Gasteiger partial charge is 0.483 e. The summed E-state index contributed by atoms with van der Waals surface area (Å²) in [5.74, 6) is -1.25. The Morgan fingerprint density at radius 3 is 2.57 bits per heavy atom. The minimum Gasteiger partial charge on any atom is -0.483 e. The highest BCUT2D eigenvalue weighted by Gasteiger charge is 2.40. The number of hydrogen-bond donors (Lipinski definition) is 0. The molecule has 128 valence electrons. The Balaban J connectivity index is 2.86. The minimum atomic E-state index is -3.92. The minimum absolute atomic E-state index is 0.122. The lowest BCUT2D eigenvalue weighted by molar-refractivity contribution is -0.386. The number of nitro groups is 1. The number of benzene rings is 1. The SMILES string of the molecule is CC(=O)OCCOc1ccc(OC(F)(F)C(Cl)Cl)cc1[N+](=O)[O-]. The van der Waals surface area contributed by atoms with Crippen LogP contribution in [0.3, 0.4) is 0 Å². The molecule has 0 amide bonds. The third-order valence-corrected chi connectivity index (χ3v) is 2.79. The Morgan fingerprint density at radius 2 is 2.04 bits per heavy atom. The van der Waals surface area contributed by atoms with Crippen LogP contribution in [0.4, 0.5) is 14.5 Å². The van der Waals surface area contributed by atoms with Crippen molar-refractivity contribution >= 4 is 34.9 Å². The van der Waals surface area contributed by atoms with Crippen LogP contribution in [0.5, 0.6) is 11.5 Å². The first-order valence-electron chi connectivity index (χ1n) is 6.03. The zero-order valence-corrected chi connectivity index (χ0v) is 13.1. The van der Waals surface area contributed by atoms with Gasteiger partial charge in [-0.3, -0.25) is 14.9 Å². The highest BCUT2D eigenvalue weighted by molar-refractivity contribution is 6.44. The first-order valence-corrected chi connectivity index (χ1v) is 6.90. The van der Waals surface area contributed by atoms with Gasteiger partial charge in [0.15, 0.2) is 5.75 Å². The lowest BCUT2D eigenvalue weighted by Crippen LogP contribution is -2.32. The van der Waals surface area contributed by atoms with Crippen LogP contribution in [0, 0.1) is 10.1 Å². The summed E-state index contributed by atoms with van der Waals surface area (Å²) in [4.78, 5) is 18.5. The fourth-order valence-corrected chi connectivity index (χ4v) is 1.45. The molecule has 11 heteroatoms. The molecule has 23 heavy (non-hydrogen) atoms. The smallest absolute Gasteiger partial charge is 0.428 e. The summed E-state index contributed by atoms with van der Waals surface area (Å²) < 4.78 is 40.4. The summed E-state index contributed by atoms with van der Waals surface area (Å²) in [6.45, 7) is 0.918. The molecule has 0 fully saturated rings. The van der Waals surface area contributed by atoms with Gasteiger partial charge in [0.2, 0.25) is 4.84 Å². The molecule has 0 saturated heterocycles. The molecule has 7 nitrogen and oxygen atoms in total. The predicted molar refractivity (Wildman–Crippen MR) is 76.3 cm³/mol. The molecule has 0 heterocycles. The van der Waals surface area contributed by atoms with Gasteiger partial charge in [0.1, 0.15) is 19.0 Å². The molecule has 1 aromatic rings. The average Bonchev–Trinajstić information content (AvgIpc) is 2.43. The van der Waals surface area contributed by atoms with Gasteiger partial charge in [-0.05, 0) is 12.1 Å². The van der Waals surface area contributed by atoms with E-state index in [1.807, 2.05) is 0 Å².